The molecule has 1 saturated carbocycles. The summed E-state index contributed by atoms with van der Waals surface area (Å²) in [6, 6.07) is 17.9. The maximum atomic E-state index is 12.2. The van der Waals surface area contributed by atoms with Crippen LogP contribution in [0.3, 0.4) is 0 Å². The molecule has 4 heteroatoms. The maximum absolute atomic E-state index is 12.2. The van der Waals surface area contributed by atoms with E-state index in [1.54, 1.807) is 24.3 Å². The molecule has 1 unspecified atom stereocenters. The molecule has 2 N–H and O–H groups in total. The molecule has 0 spiro atoms. The van der Waals surface area contributed by atoms with Gasteiger partial charge in [-0.1, -0.05) is 60.7 Å². The summed E-state index contributed by atoms with van der Waals surface area (Å²) < 4.78 is 0. The van der Waals surface area contributed by atoms with Gasteiger partial charge < -0.3 is 10.4 Å². The zero-order valence-electron chi connectivity index (χ0n) is 12.7. The van der Waals surface area contributed by atoms with E-state index in [-0.39, 0.29) is 5.91 Å². The van der Waals surface area contributed by atoms with Gasteiger partial charge in [-0.2, -0.15) is 0 Å². The second kappa shape index (κ2) is 6.65. The van der Waals surface area contributed by atoms with Crippen LogP contribution in [0, 0.1) is 5.92 Å². The van der Waals surface area contributed by atoms with Gasteiger partial charge in [-0.3, -0.25) is 4.79 Å². The van der Waals surface area contributed by atoms with Crippen molar-refractivity contribution in [2.24, 2.45) is 5.92 Å². The molecular formula is C19H19NO3. The minimum atomic E-state index is -1.04. The summed E-state index contributed by atoms with van der Waals surface area (Å²) >= 11 is 0. The molecular weight excluding hydrogens is 290 g/mol. The van der Waals surface area contributed by atoms with Crippen molar-refractivity contribution in [2.75, 3.05) is 0 Å². The van der Waals surface area contributed by atoms with E-state index in [0.29, 0.717) is 23.8 Å². The molecule has 2 aromatic rings. The molecule has 1 amide bonds. The van der Waals surface area contributed by atoms with Crippen molar-refractivity contribution < 1.29 is 14.7 Å². The summed E-state index contributed by atoms with van der Waals surface area (Å²) in [5, 5.41) is 12.0. The van der Waals surface area contributed by atoms with Crippen molar-refractivity contribution in [2.45, 2.75) is 24.8 Å². The van der Waals surface area contributed by atoms with Gasteiger partial charge in [0.05, 0.1) is 0 Å². The third-order valence-electron chi connectivity index (χ3n) is 4.28. The average Bonchev–Trinajstić information content (AvgIpc) is 3.33. The van der Waals surface area contributed by atoms with Crippen molar-refractivity contribution in [1.82, 2.24) is 5.32 Å². The number of amides is 1. The third-order valence-corrected chi connectivity index (χ3v) is 4.28. The van der Waals surface area contributed by atoms with Crippen LogP contribution in [0.1, 0.15) is 35.9 Å². The Hall–Kier alpha value is -2.62. The highest BCUT2D eigenvalue weighted by atomic mass is 16.4. The van der Waals surface area contributed by atoms with Crippen molar-refractivity contribution in [1.29, 1.82) is 0 Å². The standard InChI is InChI=1S/C19H19NO3/c21-17(12-15-11-16(15)13-7-3-1-4-8-13)20-18(19(22)23)14-9-5-2-6-10-14/h1-10,15-16,18H,11-12H2,(H,20,21)(H,22,23)/t15-,16-,18?/m0/s1. The molecule has 118 valence electrons. The summed E-state index contributed by atoms with van der Waals surface area (Å²) in [4.78, 5) is 23.6. The van der Waals surface area contributed by atoms with Crippen LogP contribution in [-0.4, -0.2) is 17.0 Å². The lowest BCUT2D eigenvalue weighted by Crippen LogP contribution is -2.33. The number of aliphatic carboxylic acids is 1. The molecule has 23 heavy (non-hydrogen) atoms. The molecule has 0 heterocycles. The van der Waals surface area contributed by atoms with Crippen LogP contribution in [0.2, 0.25) is 0 Å². The molecule has 0 bridgehead atoms. The molecule has 1 aliphatic carbocycles. The van der Waals surface area contributed by atoms with Crippen molar-refractivity contribution in [3.05, 3.63) is 71.8 Å². The van der Waals surface area contributed by atoms with Crippen LogP contribution in [-0.2, 0) is 9.59 Å². The topological polar surface area (TPSA) is 66.4 Å². The summed E-state index contributed by atoms with van der Waals surface area (Å²) in [6.07, 6.45) is 1.36. The number of hydrogen-bond acceptors (Lipinski definition) is 2. The molecule has 2 aromatic carbocycles. The Bertz CT molecular complexity index is 684. The minimum absolute atomic E-state index is 0.204. The van der Waals surface area contributed by atoms with Crippen molar-refractivity contribution in [3.63, 3.8) is 0 Å². The van der Waals surface area contributed by atoms with Gasteiger partial charge in [-0.15, -0.1) is 0 Å². The number of carbonyl (C=O) groups excluding carboxylic acids is 1. The molecule has 0 aliphatic heterocycles. The fourth-order valence-electron chi connectivity index (χ4n) is 2.97. The zero-order valence-corrected chi connectivity index (χ0v) is 12.7. The van der Waals surface area contributed by atoms with Gasteiger partial charge in [0.1, 0.15) is 0 Å². The molecule has 3 rings (SSSR count). The summed E-state index contributed by atoms with van der Waals surface area (Å²) in [5.41, 5.74) is 1.84. The number of hydrogen-bond donors (Lipinski definition) is 2. The van der Waals surface area contributed by atoms with E-state index in [4.69, 9.17) is 0 Å². The Morgan fingerprint density at radius 3 is 2.26 bits per heavy atom. The molecule has 1 aliphatic rings. The lowest BCUT2D eigenvalue weighted by Gasteiger charge is -2.14. The third kappa shape index (κ3) is 3.77. The summed E-state index contributed by atoms with van der Waals surface area (Å²) in [7, 11) is 0. The van der Waals surface area contributed by atoms with Crippen molar-refractivity contribution >= 4 is 11.9 Å². The van der Waals surface area contributed by atoms with Gasteiger partial charge in [0.25, 0.3) is 0 Å². The second-order valence-electron chi connectivity index (χ2n) is 5.97. The maximum Gasteiger partial charge on any atom is 0.330 e. The number of nitrogens with one attached hydrogen (secondary N) is 1. The van der Waals surface area contributed by atoms with Crippen molar-refractivity contribution in [3.8, 4) is 0 Å². The van der Waals surface area contributed by atoms with Crippen LogP contribution in [0.15, 0.2) is 60.7 Å². The first-order chi connectivity index (χ1) is 11.1. The van der Waals surface area contributed by atoms with E-state index in [9.17, 15) is 14.7 Å². The Kier molecular flexibility index (Phi) is 4.42. The predicted molar refractivity (Wildman–Crippen MR) is 86.9 cm³/mol. The molecule has 4 nitrogen and oxygen atoms in total. The first kappa shape index (κ1) is 15.3. The van der Waals surface area contributed by atoms with E-state index in [1.807, 2.05) is 24.3 Å². The molecule has 0 aromatic heterocycles. The van der Waals surface area contributed by atoms with E-state index >= 15 is 0 Å². The fourth-order valence-corrected chi connectivity index (χ4v) is 2.97. The van der Waals surface area contributed by atoms with Gasteiger partial charge >= 0.3 is 5.97 Å². The summed E-state index contributed by atoms with van der Waals surface area (Å²) in [5.74, 6) is -0.519. The highest BCUT2D eigenvalue weighted by molar-refractivity contribution is 5.84. The Labute approximate surface area is 135 Å². The monoisotopic (exact) mass is 309 g/mol. The number of carbonyl (C=O) groups is 2. The molecule has 1 fully saturated rings. The predicted octanol–water partition coefficient (Wildman–Crippen LogP) is 3.12. The normalized spacial score (nSPS) is 20.5. The Morgan fingerprint density at radius 1 is 1.04 bits per heavy atom. The number of carboxylic acid groups (broad SMARTS) is 1. The van der Waals surface area contributed by atoms with Gasteiger partial charge in [-0.25, -0.2) is 4.79 Å². The van der Waals surface area contributed by atoms with Crippen LogP contribution in [0.25, 0.3) is 0 Å². The summed E-state index contributed by atoms with van der Waals surface area (Å²) in [6.45, 7) is 0. The SMILES string of the molecule is O=C(C[C@@H]1C[C@H]1c1ccccc1)NC(C(=O)O)c1ccccc1. The van der Waals surface area contributed by atoms with E-state index < -0.39 is 12.0 Å². The molecule has 0 radical (unpaired) electrons. The zero-order chi connectivity index (χ0) is 16.2. The highest BCUT2D eigenvalue weighted by Crippen LogP contribution is 2.49. The lowest BCUT2D eigenvalue weighted by atomic mass is 10.1. The Morgan fingerprint density at radius 2 is 1.65 bits per heavy atom. The van der Waals surface area contributed by atoms with Gasteiger partial charge in [-0.05, 0) is 29.4 Å². The highest BCUT2D eigenvalue weighted by Gasteiger charge is 2.39. The molecule has 3 atom stereocenters. The number of rotatable bonds is 6. The van der Waals surface area contributed by atoms with Gasteiger partial charge in [0, 0.05) is 6.42 Å². The van der Waals surface area contributed by atoms with E-state index in [0.717, 1.165) is 6.42 Å². The smallest absolute Gasteiger partial charge is 0.330 e. The van der Waals surface area contributed by atoms with Gasteiger partial charge in [0.15, 0.2) is 6.04 Å². The minimum Gasteiger partial charge on any atom is -0.479 e. The number of benzene rings is 2. The quantitative estimate of drug-likeness (QED) is 0.861. The largest absolute Gasteiger partial charge is 0.479 e. The molecule has 0 saturated heterocycles. The first-order valence-electron chi connectivity index (χ1n) is 7.77. The fraction of sp³-hybridized carbons (Fsp3) is 0.263. The average molecular weight is 309 g/mol. The van der Waals surface area contributed by atoms with E-state index in [1.165, 1.54) is 5.56 Å². The Balaban J connectivity index is 1.58. The van der Waals surface area contributed by atoms with Crippen LogP contribution >= 0.6 is 0 Å². The van der Waals surface area contributed by atoms with Gasteiger partial charge in [0.2, 0.25) is 5.91 Å². The second-order valence-corrected chi connectivity index (χ2v) is 5.97. The van der Waals surface area contributed by atoms with Crippen LogP contribution in [0.5, 0.6) is 0 Å². The first-order valence-corrected chi connectivity index (χ1v) is 7.77. The lowest BCUT2D eigenvalue weighted by molar-refractivity contribution is -0.142. The van der Waals surface area contributed by atoms with Crippen LogP contribution in [0.4, 0.5) is 0 Å². The number of carboxylic acids is 1. The van der Waals surface area contributed by atoms with Crippen LogP contribution < -0.4 is 5.32 Å². The van der Waals surface area contributed by atoms with E-state index in [2.05, 4.69) is 17.4 Å².